The largest absolute Gasteiger partial charge is 0.460 e. The van der Waals surface area contributed by atoms with E-state index in [0.29, 0.717) is 0 Å². The Morgan fingerprint density at radius 2 is 1.94 bits per heavy atom. The molecule has 0 aliphatic rings. The van der Waals surface area contributed by atoms with Crippen molar-refractivity contribution in [3.63, 3.8) is 0 Å². The molecule has 92 valence electrons. The molecule has 0 heterocycles. The average molecular weight is 242 g/mol. The highest BCUT2D eigenvalue weighted by molar-refractivity contribution is 5.75. The molecule has 0 saturated heterocycles. The molecule has 1 aromatic carbocycles. The maximum absolute atomic E-state index is 11.6. The van der Waals surface area contributed by atoms with Crippen molar-refractivity contribution in [2.75, 3.05) is 0 Å². The first-order valence-corrected chi connectivity index (χ1v) is 5.67. The zero-order valence-corrected chi connectivity index (χ0v) is 10.2. The molecule has 4 nitrogen and oxygen atoms in total. The van der Waals surface area contributed by atoms with Crippen molar-refractivity contribution in [3.05, 3.63) is 35.9 Å². The van der Waals surface area contributed by atoms with Gasteiger partial charge in [-0.25, -0.2) is 0 Å². The molecular weight excluding hydrogens is 228 g/mol. The molecule has 0 bridgehead atoms. The van der Waals surface area contributed by atoms with Crippen LogP contribution in [0.5, 0.6) is 0 Å². The second-order valence-electron chi connectivity index (χ2n) is 4.04. The van der Waals surface area contributed by atoms with Crippen LogP contribution in [0.15, 0.2) is 30.3 Å². The fraction of sp³-hybridized carbons (Fsp3) is 0.357. The molecule has 0 fully saturated rings. The van der Waals surface area contributed by atoms with Gasteiger partial charge in [-0.05, 0) is 18.9 Å². The van der Waals surface area contributed by atoms with Crippen molar-refractivity contribution in [1.82, 2.24) is 0 Å². The van der Waals surface area contributed by atoms with Crippen molar-refractivity contribution in [2.45, 2.75) is 20.0 Å². The average Bonchev–Trinajstić information content (AvgIpc) is 2.42. The summed E-state index contributed by atoms with van der Waals surface area (Å²) < 4.78 is 5.06. The maximum atomic E-state index is 11.6. The number of carbonyl (C=O) groups is 1. The van der Waals surface area contributed by atoms with E-state index < -0.39 is 11.9 Å². The smallest absolute Gasteiger partial charge is 0.323 e. The molecule has 2 atom stereocenters. The molecule has 0 aliphatic carbocycles. The van der Waals surface area contributed by atoms with E-state index in [0.717, 1.165) is 5.56 Å². The fourth-order valence-corrected chi connectivity index (χ4v) is 1.44. The minimum Gasteiger partial charge on any atom is -0.460 e. The minimum atomic E-state index is -0.872. The number of carbonyl (C=O) groups excluding carboxylic acids is 1. The second-order valence-corrected chi connectivity index (χ2v) is 4.04. The molecule has 2 unspecified atom stereocenters. The number of benzene rings is 1. The number of nitriles is 2. The van der Waals surface area contributed by atoms with Crippen molar-refractivity contribution in [3.8, 4) is 12.1 Å². The topological polar surface area (TPSA) is 73.9 Å². The molecule has 0 amide bonds. The Labute approximate surface area is 106 Å². The Morgan fingerprint density at radius 1 is 1.28 bits per heavy atom. The molecule has 1 aromatic rings. The maximum Gasteiger partial charge on any atom is 0.323 e. The van der Waals surface area contributed by atoms with Gasteiger partial charge in [0.1, 0.15) is 12.5 Å². The highest BCUT2D eigenvalue weighted by atomic mass is 16.5. The van der Waals surface area contributed by atoms with Gasteiger partial charge in [-0.3, -0.25) is 4.79 Å². The second kappa shape index (κ2) is 7.09. The summed E-state index contributed by atoms with van der Waals surface area (Å²) in [6, 6.07) is 13.1. The van der Waals surface area contributed by atoms with Gasteiger partial charge in [-0.2, -0.15) is 10.5 Å². The van der Waals surface area contributed by atoms with Gasteiger partial charge in [0, 0.05) is 5.92 Å². The number of esters is 1. The van der Waals surface area contributed by atoms with Crippen LogP contribution in [0.2, 0.25) is 0 Å². The van der Waals surface area contributed by atoms with E-state index in [1.54, 1.807) is 6.92 Å². The summed E-state index contributed by atoms with van der Waals surface area (Å²) >= 11 is 0. The van der Waals surface area contributed by atoms with Gasteiger partial charge < -0.3 is 4.74 Å². The quantitative estimate of drug-likeness (QED) is 0.743. The van der Waals surface area contributed by atoms with Crippen molar-refractivity contribution < 1.29 is 9.53 Å². The summed E-state index contributed by atoms with van der Waals surface area (Å²) in [6.07, 6.45) is 0.209. The SMILES string of the molecule is CC(C#N)CC(C#N)C(=O)OCc1ccccc1. The Bertz CT molecular complexity index is 471. The molecule has 1 rings (SSSR count). The van der Waals surface area contributed by atoms with Crippen LogP contribution in [0.25, 0.3) is 0 Å². The lowest BCUT2D eigenvalue weighted by molar-refractivity contribution is -0.148. The van der Waals surface area contributed by atoms with Gasteiger partial charge in [0.2, 0.25) is 0 Å². The van der Waals surface area contributed by atoms with Crippen molar-refractivity contribution in [2.24, 2.45) is 11.8 Å². The van der Waals surface area contributed by atoms with Crippen LogP contribution in [-0.2, 0) is 16.1 Å². The summed E-state index contributed by atoms with van der Waals surface area (Å²) in [6.45, 7) is 1.83. The van der Waals surface area contributed by atoms with Gasteiger partial charge >= 0.3 is 5.97 Å². The third-order valence-corrected chi connectivity index (χ3v) is 2.47. The molecule has 0 aromatic heterocycles. The zero-order valence-electron chi connectivity index (χ0n) is 10.2. The standard InChI is InChI=1S/C14H14N2O2/c1-11(8-15)7-13(9-16)14(17)18-10-12-5-3-2-4-6-12/h2-6,11,13H,7,10H2,1H3. The van der Waals surface area contributed by atoms with Crippen LogP contribution < -0.4 is 0 Å². The molecule has 18 heavy (non-hydrogen) atoms. The van der Waals surface area contributed by atoms with Crippen LogP contribution in [-0.4, -0.2) is 5.97 Å². The molecule has 0 saturated carbocycles. The molecule has 0 N–H and O–H groups in total. The Morgan fingerprint density at radius 3 is 2.50 bits per heavy atom. The zero-order chi connectivity index (χ0) is 13.4. The Balaban J connectivity index is 2.49. The molecule has 4 heteroatoms. The van der Waals surface area contributed by atoms with Gasteiger partial charge in [0.15, 0.2) is 0 Å². The highest BCUT2D eigenvalue weighted by Crippen LogP contribution is 2.13. The summed E-state index contributed by atoms with van der Waals surface area (Å²) in [5.41, 5.74) is 0.871. The molecule has 0 aliphatic heterocycles. The van der Waals surface area contributed by atoms with E-state index in [1.165, 1.54) is 0 Å². The van der Waals surface area contributed by atoms with E-state index >= 15 is 0 Å². The summed E-state index contributed by atoms with van der Waals surface area (Å²) in [4.78, 5) is 11.6. The van der Waals surface area contributed by atoms with E-state index in [1.807, 2.05) is 42.5 Å². The summed E-state index contributed by atoms with van der Waals surface area (Å²) in [5, 5.41) is 17.5. The van der Waals surface area contributed by atoms with Crippen LogP contribution in [0.4, 0.5) is 0 Å². The molecular formula is C14H14N2O2. The number of hydrogen-bond acceptors (Lipinski definition) is 4. The van der Waals surface area contributed by atoms with Crippen LogP contribution in [0.1, 0.15) is 18.9 Å². The van der Waals surface area contributed by atoms with Crippen LogP contribution >= 0.6 is 0 Å². The third kappa shape index (κ3) is 4.27. The molecule has 0 radical (unpaired) electrons. The Hall–Kier alpha value is -2.33. The van der Waals surface area contributed by atoms with E-state index in [4.69, 9.17) is 15.3 Å². The van der Waals surface area contributed by atoms with E-state index in [9.17, 15) is 4.79 Å². The van der Waals surface area contributed by atoms with E-state index in [2.05, 4.69) is 0 Å². The molecule has 0 spiro atoms. The number of ether oxygens (including phenoxy) is 1. The predicted molar refractivity (Wildman–Crippen MR) is 64.7 cm³/mol. The summed E-state index contributed by atoms with van der Waals surface area (Å²) in [7, 11) is 0. The lowest BCUT2D eigenvalue weighted by atomic mass is 9.98. The monoisotopic (exact) mass is 242 g/mol. The van der Waals surface area contributed by atoms with Gasteiger partial charge in [-0.1, -0.05) is 30.3 Å². The van der Waals surface area contributed by atoms with Gasteiger partial charge in [0.05, 0.1) is 12.1 Å². The lowest BCUT2D eigenvalue weighted by Crippen LogP contribution is -2.18. The van der Waals surface area contributed by atoms with E-state index in [-0.39, 0.29) is 18.9 Å². The van der Waals surface area contributed by atoms with Gasteiger partial charge in [0.25, 0.3) is 0 Å². The third-order valence-electron chi connectivity index (χ3n) is 2.47. The number of hydrogen-bond donors (Lipinski definition) is 0. The fourth-order valence-electron chi connectivity index (χ4n) is 1.44. The normalized spacial score (nSPS) is 12.8. The first-order valence-electron chi connectivity index (χ1n) is 5.67. The predicted octanol–water partition coefficient (Wildman–Crippen LogP) is 2.42. The Kier molecular flexibility index (Phi) is 5.41. The first-order chi connectivity index (χ1) is 8.67. The van der Waals surface area contributed by atoms with Crippen molar-refractivity contribution in [1.29, 1.82) is 10.5 Å². The number of rotatable bonds is 5. The number of nitrogens with zero attached hydrogens (tertiary/aromatic N) is 2. The summed E-state index contributed by atoms with van der Waals surface area (Å²) in [5.74, 6) is -1.77. The first kappa shape index (κ1) is 13.7. The van der Waals surface area contributed by atoms with Crippen LogP contribution in [0, 0.1) is 34.5 Å². The van der Waals surface area contributed by atoms with Crippen LogP contribution in [0.3, 0.4) is 0 Å². The highest BCUT2D eigenvalue weighted by Gasteiger charge is 2.22. The van der Waals surface area contributed by atoms with Gasteiger partial charge in [-0.15, -0.1) is 0 Å². The lowest BCUT2D eigenvalue weighted by Gasteiger charge is -2.10. The van der Waals surface area contributed by atoms with Crippen molar-refractivity contribution >= 4 is 5.97 Å². The minimum absolute atomic E-state index is 0.152.